The highest BCUT2D eigenvalue weighted by Gasteiger charge is 2.30. The normalized spacial score (nSPS) is 19.9. The van der Waals surface area contributed by atoms with Gasteiger partial charge in [0.1, 0.15) is 0 Å². The number of hydrogen-bond donors (Lipinski definition) is 1. The molecule has 1 aliphatic heterocycles. The largest absolute Gasteiger partial charge is 0.381 e. The average molecular weight is 201 g/mol. The zero-order valence-corrected chi connectivity index (χ0v) is 9.64. The quantitative estimate of drug-likeness (QED) is 0.542. The minimum absolute atomic E-state index is 0.350. The van der Waals surface area contributed by atoms with E-state index in [1.165, 1.54) is 12.8 Å². The van der Waals surface area contributed by atoms with Crippen molar-refractivity contribution < 1.29 is 9.47 Å². The fourth-order valence-electron chi connectivity index (χ4n) is 2.10. The molecule has 1 fully saturated rings. The Hall–Kier alpha value is -0.120. The molecule has 0 atom stereocenters. The maximum atomic E-state index is 5.38. The summed E-state index contributed by atoms with van der Waals surface area (Å²) in [6, 6.07) is 0. The zero-order valence-electron chi connectivity index (χ0n) is 9.64. The first-order valence-corrected chi connectivity index (χ1v) is 5.44. The Bertz CT molecular complexity index is 153. The van der Waals surface area contributed by atoms with Gasteiger partial charge in [-0.15, -0.1) is 0 Å². The van der Waals surface area contributed by atoms with Crippen LogP contribution in [-0.4, -0.2) is 33.6 Å². The molecule has 1 heterocycles. The lowest BCUT2D eigenvalue weighted by Gasteiger charge is -2.37. The van der Waals surface area contributed by atoms with Crippen LogP contribution in [0.25, 0.3) is 0 Å². The fraction of sp³-hybridized carbons (Fsp3) is 1.00. The van der Waals surface area contributed by atoms with Crippen molar-refractivity contribution in [2.24, 2.45) is 11.3 Å². The Morgan fingerprint density at radius 3 is 2.57 bits per heavy atom. The molecule has 1 aliphatic rings. The molecule has 14 heavy (non-hydrogen) atoms. The topological polar surface area (TPSA) is 30.5 Å². The van der Waals surface area contributed by atoms with E-state index in [0.717, 1.165) is 25.7 Å². The van der Waals surface area contributed by atoms with E-state index in [9.17, 15) is 0 Å². The zero-order chi connectivity index (χ0) is 10.4. The molecule has 3 heteroatoms. The summed E-state index contributed by atoms with van der Waals surface area (Å²) >= 11 is 0. The third-order valence-corrected chi connectivity index (χ3v) is 3.15. The number of nitrogens with one attached hydrogen (secondary N) is 1. The van der Waals surface area contributed by atoms with Crippen LogP contribution < -0.4 is 5.32 Å². The van der Waals surface area contributed by atoms with Gasteiger partial charge < -0.3 is 9.47 Å². The van der Waals surface area contributed by atoms with Crippen molar-refractivity contribution in [3.8, 4) is 0 Å². The van der Waals surface area contributed by atoms with Crippen molar-refractivity contribution in [1.82, 2.24) is 5.32 Å². The minimum Gasteiger partial charge on any atom is -0.381 e. The lowest BCUT2D eigenvalue weighted by atomic mass is 9.74. The molecule has 0 bridgehead atoms. The van der Waals surface area contributed by atoms with E-state index in [1.54, 1.807) is 7.11 Å². The molecule has 0 unspecified atom stereocenters. The molecule has 0 aromatic carbocycles. The standard InChI is InChI=1S/C11H23NO2/c1-11(2,8-12-9-13-3)10-4-6-14-7-5-10/h10,12H,4-9H2,1-3H3. The summed E-state index contributed by atoms with van der Waals surface area (Å²) in [5.74, 6) is 0.778. The second-order valence-corrected chi connectivity index (χ2v) is 4.74. The number of rotatable bonds is 5. The van der Waals surface area contributed by atoms with Crippen LogP contribution in [0.3, 0.4) is 0 Å². The third-order valence-electron chi connectivity index (χ3n) is 3.15. The van der Waals surface area contributed by atoms with Gasteiger partial charge in [0.05, 0.1) is 6.73 Å². The Morgan fingerprint density at radius 1 is 1.36 bits per heavy atom. The Kier molecular flexibility index (Phi) is 4.85. The summed E-state index contributed by atoms with van der Waals surface area (Å²) in [5, 5.41) is 3.31. The summed E-state index contributed by atoms with van der Waals surface area (Å²) in [4.78, 5) is 0. The van der Waals surface area contributed by atoms with Gasteiger partial charge in [-0.3, -0.25) is 5.32 Å². The molecule has 0 spiro atoms. The first-order chi connectivity index (χ1) is 6.67. The SMILES string of the molecule is COCNCC(C)(C)C1CCOCC1. The Balaban J connectivity index is 2.29. The van der Waals surface area contributed by atoms with E-state index in [4.69, 9.17) is 9.47 Å². The summed E-state index contributed by atoms with van der Waals surface area (Å²) in [5.41, 5.74) is 0.350. The lowest BCUT2D eigenvalue weighted by Crippen LogP contribution is -2.39. The van der Waals surface area contributed by atoms with Gasteiger partial charge in [-0.25, -0.2) is 0 Å². The van der Waals surface area contributed by atoms with Crippen LogP contribution in [0.1, 0.15) is 26.7 Å². The molecule has 3 nitrogen and oxygen atoms in total. The summed E-state index contributed by atoms with van der Waals surface area (Å²) in [6.07, 6.45) is 2.39. The monoisotopic (exact) mass is 201 g/mol. The van der Waals surface area contributed by atoms with Crippen LogP contribution in [0.2, 0.25) is 0 Å². The molecular weight excluding hydrogens is 178 g/mol. The molecule has 0 saturated carbocycles. The molecule has 0 aromatic heterocycles. The number of hydrogen-bond acceptors (Lipinski definition) is 3. The molecule has 0 amide bonds. The van der Waals surface area contributed by atoms with E-state index >= 15 is 0 Å². The van der Waals surface area contributed by atoms with Crippen molar-refractivity contribution in [2.75, 3.05) is 33.6 Å². The van der Waals surface area contributed by atoms with Crippen LogP contribution in [-0.2, 0) is 9.47 Å². The van der Waals surface area contributed by atoms with Gasteiger partial charge in [-0.05, 0) is 24.2 Å². The molecule has 1 rings (SSSR count). The van der Waals surface area contributed by atoms with Crippen LogP contribution in [0.15, 0.2) is 0 Å². The fourth-order valence-corrected chi connectivity index (χ4v) is 2.10. The molecule has 84 valence electrons. The van der Waals surface area contributed by atoms with E-state index in [-0.39, 0.29) is 0 Å². The predicted molar refractivity (Wildman–Crippen MR) is 57.2 cm³/mol. The Morgan fingerprint density at radius 2 is 2.00 bits per heavy atom. The second kappa shape index (κ2) is 5.69. The van der Waals surface area contributed by atoms with E-state index < -0.39 is 0 Å². The second-order valence-electron chi connectivity index (χ2n) is 4.74. The van der Waals surface area contributed by atoms with Crippen molar-refractivity contribution >= 4 is 0 Å². The highest BCUT2D eigenvalue weighted by Crippen LogP contribution is 2.33. The average Bonchev–Trinajstić information content (AvgIpc) is 2.19. The van der Waals surface area contributed by atoms with Gasteiger partial charge >= 0.3 is 0 Å². The smallest absolute Gasteiger partial charge is 0.0961 e. The first-order valence-electron chi connectivity index (χ1n) is 5.44. The number of methoxy groups -OCH3 is 1. The van der Waals surface area contributed by atoms with Crippen LogP contribution in [0.5, 0.6) is 0 Å². The molecule has 1 N–H and O–H groups in total. The van der Waals surface area contributed by atoms with Gasteiger partial charge in [0.2, 0.25) is 0 Å². The van der Waals surface area contributed by atoms with E-state index in [2.05, 4.69) is 19.2 Å². The van der Waals surface area contributed by atoms with E-state index in [0.29, 0.717) is 12.1 Å². The highest BCUT2D eigenvalue weighted by molar-refractivity contribution is 4.81. The lowest BCUT2D eigenvalue weighted by molar-refractivity contribution is 0.0198. The van der Waals surface area contributed by atoms with E-state index in [1.807, 2.05) is 0 Å². The van der Waals surface area contributed by atoms with Crippen LogP contribution in [0.4, 0.5) is 0 Å². The third kappa shape index (κ3) is 3.56. The summed E-state index contributed by atoms with van der Waals surface area (Å²) in [6.45, 7) is 8.17. The molecule has 0 aromatic rings. The molecular formula is C11H23NO2. The minimum atomic E-state index is 0.350. The summed E-state index contributed by atoms with van der Waals surface area (Å²) < 4.78 is 10.4. The predicted octanol–water partition coefficient (Wildman–Crippen LogP) is 1.63. The van der Waals surface area contributed by atoms with Gasteiger partial charge in [0, 0.05) is 26.9 Å². The molecule has 0 radical (unpaired) electrons. The maximum absolute atomic E-state index is 5.38. The highest BCUT2D eigenvalue weighted by atomic mass is 16.5. The van der Waals surface area contributed by atoms with Gasteiger partial charge in [0.15, 0.2) is 0 Å². The van der Waals surface area contributed by atoms with Crippen LogP contribution in [0, 0.1) is 11.3 Å². The summed E-state index contributed by atoms with van der Waals surface area (Å²) in [7, 11) is 1.72. The number of ether oxygens (including phenoxy) is 2. The maximum Gasteiger partial charge on any atom is 0.0961 e. The Labute approximate surface area is 87.2 Å². The molecule has 0 aliphatic carbocycles. The van der Waals surface area contributed by atoms with Crippen molar-refractivity contribution in [1.29, 1.82) is 0 Å². The van der Waals surface area contributed by atoms with Gasteiger partial charge in [0.25, 0.3) is 0 Å². The van der Waals surface area contributed by atoms with Crippen LogP contribution >= 0.6 is 0 Å². The van der Waals surface area contributed by atoms with Crippen molar-refractivity contribution in [2.45, 2.75) is 26.7 Å². The van der Waals surface area contributed by atoms with Gasteiger partial charge in [-0.1, -0.05) is 13.8 Å². The van der Waals surface area contributed by atoms with Gasteiger partial charge in [-0.2, -0.15) is 0 Å². The molecule has 1 saturated heterocycles. The van der Waals surface area contributed by atoms with Crippen molar-refractivity contribution in [3.63, 3.8) is 0 Å². The first kappa shape index (κ1) is 12.0. The van der Waals surface area contributed by atoms with Crippen molar-refractivity contribution in [3.05, 3.63) is 0 Å².